The number of morpholine rings is 1. The Hall–Kier alpha value is -3.98. The molecule has 1 aliphatic heterocycles. The Morgan fingerprint density at radius 2 is 2.00 bits per heavy atom. The average molecular weight is 426 g/mol. The average Bonchev–Trinajstić information content (AvgIpc) is 3.48. The number of nitrogens with one attached hydrogen (secondary N) is 2. The van der Waals surface area contributed by atoms with Crippen LogP contribution in [0.3, 0.4) is 0 Å². The van der Waals surface area contributed by atoms with Crippen molar-refractivity contribution in [1.82, 2.24) is 29.8 Å². The van der Waals surface area contributed by atoms with Crippen LogP contribution in [-0.4, -0.2) is 56.1 Å². The third kappa shape index (κ3) is 3.32. The van der Waals surface area contributed by atoms with Gasteiger partial charge in [-0.3, -0.25) is 9.50 Å². The Labute approximate surface area is 184 Å². The predicted octanol–water partition coefficient (Wildman–Crippen LogP) is 3.56. The number of fused-ring (bicyclic) bond motifs is 2. The third-order valence-electron chi connectivity index (χ3n) is 5.83. The standard InChI is InChI=1S/C23H22N8O/c1-15-10-18(4-5-21(15)30-6-8-32-9-7-30)26-22-23-29-25-14-31(23)13-20(27-22)16-2-3-17-12-24-28-19(17)11-16/h2-5,10-14H,6-9H2,1H3,(H,24,28)(H,26,27). The van der Waals surface area contributed by atoms with Gasteiger partial charge in [0.1, 0.15) is 6.33 Å². The number of benzene rings is 2. The van der Waals surface area contributed by atoms with Gasteiger partial charge in [0, 0.05) is 41.6 Å². The molecule has 160 valence electrons. The molecular weight excluding hydrogens is 404 g/mol. The van der Waals surface area contributed by atoms with Crippen molar-refractivity contribution in [3.8, 4) is 11.3 Å². The summed E-state index contributed by atoms with van der Waals surface area (Å²) >= 11 is 0. The lowest BCUT2D eigenvalue weighted by Gasteiger charge is -2.30. The van der Waals surface area contributed by atoms with E-state index >= 15 is 0 Å². The summed E-state index contributed by atoms with van der Waals surface area (Å²) in [6.45, 7) is 5.50. The van der Waals surface area contributed by atoms with Crippen LogP contribution in [0.15, 0.2) is 55.1 Å². The number of hydrogen-bond acceptors (Lipinski definition) is 7. The molecule has 9 nitrogen and oxygen atoms in total. The van der Waals surface area contributed by atoms with Gasteiger partial charge in [-0.25, -0.2) is 4.98 Å². The highest BCUT2D eigenvalue weighted by Gasteiger charge is 2.15. The van der Waals surface area contributed by atoms with Gasteiger partial charge < -0.3 is 15.0 Å². The first-order valence-corrected chi connectivity index (χ1v) is 10.6. The lowest BCUT2D eigenvalue weighted by molar-refractivity contribution is 0.122. The number of aromatic nitrogens is 6. The van der Waals surface area contributed by atoms with E-state index < -0.39 is 0 Å². The Kier molecular flexibility index (Phi) is 4.46. The van der Waals surface area contributed by atoms with Crippen molar-refractivity contribution in [2.24, 2.45) is 0 Å². The third-order valence-corrected chi connectivity index (χ3v) is 5.83. The fourth-order valence-corrected chi connectivity index (χ4v) is 4.19. The second-order valence-electron chi connectivity index (χ2n) is 7.93. The Morgan fingerprint density at radius 3 is 2.88 bits per heavy atom. The highest BCUT2D eigenvalue weighted by Crippen LogP contribution is 2.29. The van der Waals surface area contributed by atoms with Crippen LogP contribution >= 0.6 is 0 Å². The van der Waals surface area contributed by atoms with E-state index in [0.29, 0.717) is 11.5 Å². The molecule has 0 bridgehead atoms. The molecule has 4 heterocycles. The molecule has 1 fully saturated rings. The molecule has 0 amide bonds. The maximum Gasteiger partial charge on any atom is 0.203 e. The highest BCUT2D eigenvalue weighted by molar-refractivity contribution is 5.84. The first-order chi connectivity index (χ1) is 15.7. The fraction of sp³-hybridized carbons (Fsp3) is 0.217. The summed E-state index contributed by atoms with van der Waals surface area (Å²) in [5.74, 6) is 0.656. The van der Waals surface area contributed by atoms with Gasteiger partial charge in [0.2, 0.25) is 5.65 Å². The van der Waals surface area contributed by atoms with Crippen LogP contribution in [0.5, 0.6) is 0 Å². The van der Waals surface area contributed by atoms with Crippen molar-refractivity contribution < 1.29 is 4.74 Å². The van der Waals surface area contributed by atoms with Gasteiger partial charge in [-0.05, 0) is 36.8 Å². The van der Waals surface area contributed by atoms with Gasteiger partial charge in [0.15, 0.2) is 5.82 Å². The van der Waals surface area contributed by atoms with Crippen molar-refractivity contribution >= 4 is 33.7 Å². The molecule has 32 heavy (non-hydrogen) atoms. The molecule has 0 radical (unpaired) electrons. The molecular formula is C23H22N8O. The summed E-state index contributed by atoms with van der Waals surface area (Å²) in [5.41, 5.74) is 6.84. The predicted molar refractivity (Wildman–Crippen MR) is 123 cm³/mol. The molecule has 0 atom stereocenters. The van der Waals surface area contributed by atoms with Crippen LogP contribution in [0.1, 0.15) is 5.56 Å². The molecule has 1 saturated heterocycles. The number of rotatable bonds is 4. The van der Waals surface area contributed by atoms with E-state index in [4.69, 9.17) is 9.72 Å². The first kappa shape index (κ1) is 18.8. The highest BCUT2D eigenvalue weighted by atomic mass is 16.5. The van der Waals surface area contributed by atoms with Crippen LogP contribution in [-0.2, 0) is 4.74 Å². The number of anilines is 3. The second-order valence-corrected chi connectivity index (χ2v) is 7.93. The molecule has 9 heteroatoms. The largest absolute Gasteiger partial charge is 0.378 e. The Bertz CT molecular complexity index is 1420. The summed E-state index contributed by atoms with van der Waals surface area (Å²) in [6.07, 6.45) is 5.43. The molecule has 0 saturated carbocycles. The minimum atomic E-state index is 0.656. The zero-order chi connectivity index (χ0) is 21.5. The molecule has 0 unspecified atom stereocenters. The van der Waals surface area contributed by atoms with E-state index in [2.05, 4.69) is 55.7 Å². The van der Waals surface area contributed by atoms with E-state index in [0.717, 1.165) is 54.2 Å². The van der Waals surface area contributed by atoms with Gasteiger partial charge in [-0.1, -0.05) is 12.1 Å². The van der Waals surface area contributed by atoms with E-state index in [-0.39, 0.29) is 0 Å². The maximum atomic E-state index is 5.48. The topological polar surface area (TPSA) is 96.3 Å². The summed E-state index contributed by atoms with van der Waals surface area (Å²) in [7, 11) is 0. The molecule has 3 aromatic heterocycles. The number of hydrogen-bond donors (Lipinski definition) is 2. The molecule has 0 aliphatic carbocycles. The molecule has 5 aromatic rings. The van der Waals surface area contributed by atoms with E-state index in [1.54, 1.807) is 6.33 Å². The summed E-state index contributed by atoms with van der Waals surface area (Å²) in [6, 6.07) is 12.5. The minimum Gasteiger partial charge on any atom is -0.378 e. The van der Waals surface area contributed by atoms with Crippen LogP contribution in [0.4, 0.5) is 17.2 Å². The molecule has 2 aromatic carbocycles. The molecule has 1 aliphatic rings. The smallest absolute Gasteiger partial charge is 0.203 e. The zero-order valence-corrected chi connectivity index (χ0v) is 17.6. The van der Waals surface area contributed by atoms with Gasteiger partial charge >= 0.3 is 0 Å². The van der Waals surface area contributed by atoms with Crippen molar-refractivity contribution in [2.45, 2.75) is 6.92 Å². The normalized spacial score (nSPS) is 14.3. The van der Waals surface area contributed by atoms with Crippen LogP contribution in [0.2, 0.25) is 0 Å². The van der Waals surface area contributed by atoms with Crippen LogP contribution < -0.4 is 10.2 Å². The summed E-state index contributed by atoms with van der Waals surface area (Å²) in [5, 5.41) is 20.0. The monoisotopic (exact) mass is 426 g/mol. The van der Waals surface area contributed by atoms with Gasteiger partial charge in [0.05, 0.1) is 30.6 Å². The van der Waals surface area contributed by atoms with Crippen LogP contribution in [0.25, 0.3) is 27.8 Å². The van der Waals surface area contributed by atoms with Crippen molar-refractivity contribution in [3.63, 3.8) is 0 Å². The summed E-state index contributed by atoms with van der Waals surface area (Å²) in [4.78, 5) is 7.24. The number of ether oxygens (including phenoxy) is 1. The number of nitrogens with zero attached hydrogens (tertiary/aromatic N) is 6. The number of aryl methyl sites for hydroxylation is 1. The first-order valence-electron chi connectivity index (χ1n) is 10.6. The minimum absolute atomic E-state index is 0.656. The summed E-state index contributed by atoms with van der Waals surface area (Å²) < 4.78 is 7.37. The number of aromatic amines is 1. The maximum absolute atomic E-state index is 5.48. The van der Waals surface area contributed by atoms with Gasteiger partial charge in [-0.2, -0.15) is 5.10 Å². The zero-order valence-electron chi connectivity index (χ0n) is 17.6. The lowest BCUT2D eigenvalue weighted by Crippen LogP contribution is -2.36. The number of H-pyrrole nitrogens is 1. The Balaban J connectivity index is 1.36. The molecule has 0 spiro atoms. The van der Waals surface area contributed by atoms with E-state index in [1.807, 2.05) is 35.0 Å². The fourth-order valence-electron chi connectivity index (χ4n) is 4.19. The second kappa shape index (κ2) is 7.61. The van der Waals surface area contributed by atoms with Crippen LogP contribution in [0, 0.1) is 6.92 Å². The SMILES string of the molecule is Cc1cc(Nc2nc(-c3ccc4cn[nH]c4c3)cn3cnnc23)ccc1N1CCOCC1. The Morgan fingerprint density at radius 1 is 1.09 bits per heavy atom. The van der Waals surface area contributed by atoms with Crippen molar-refractivity contribution in [2.75, 3.05) is 36.5 Å². The van der Waals surface area contributed by atoms with E-state index in [9.17, 15) is 0 Å². The lowest BCUT2D eigenvalue weighted by atomic mass is 10.1. The quantitative estimate of drug-likeness (QED) is 0.454. The van der Waals surface area contributed by atoms with Crippen molar-refractivity contribution in [1.29, 1.82) is 0 Å². The molecule has 2 N–H and O–H groups in total. The van der Waals surface area contributed by atoms with Crippen molar-refractivity contribution in [3.05, 3.63) is 60.7 Å². The van der Waals surface area contributed by atoms with Gasteiger partial charge in [0.25, 0.3) is 0 Å². The van der Waals surface area contributed by atoms with Gasteiger partial charge in [-0.15, -0.1) is 10.2 Å². The molecule has 6 rings (SSSR count). The van der Waals surface area contributed by atoms with E-state index in [1.165, 1.54) is 11.3 Å².